The first kappa shape index (κ1) is 18.9. The van der Waals surface area contributed by atoms with Gasteiger partial charge in [-0.15, -0.1) is 0 Å². The summed E-state index contributed by atoms with van der Waals surface area (Å²) in [6, 6.07) is -0.801. The Bertz CT molecular complexity index is 511. The van der Waals surface area contributed by atoms with E-state index in [2.05, 4.69) is 0 Å². The van der Waals surface area contributed by atoms with Gasteiger partial charge in [0, 0.05) is 19.6 Å². The molecule has 0 aromatic rings. The van der Waals surface area contributed by atoms with Gasteiger partial charge in [-0.05, 0) is 38.5 Å². The van der Waals surface area contributed by atoms with E-state index < -0.39 is 18.4 Å². The van der Waals surface area contributed by atoms with Crippen molar-refractivity contribution in [3.63, 3.8) is 0 Å². The fourth-order valence-corrected chi connectivity index (χ4v) is 3.53. The molecule has 3 atom stereocenters. The van der Waals surface area contributed by atoms with Crippen molar-refractivity contribution in [2.45, 2.75) is 63.2 Å². The van der Waals surface area contributed by atoms with E-state index in [0.29, 0.717) is 26.1 Å². The third-order valence-electron chi connectivity index (χ3n) is 5.48. The van der Waals surface area contributed by atoms with Crippen LogP contribution in [0.5, 0.6) is 0 Å². The molecule has 27 heavy (non-hydrogen) atoms. The zero-order chi connectivity index (χ0) is 18.8. The number of hydrogen-bond acceptors (Lipinski definition) is 6. The van der Waals surface area contributed by atoms with E-state index in [1.54, 1.807) is 0 Å². The van der Waals surface area contributed by atoms with Gasteiger partial charge in [-0.2, -0.15) is 0 Å². The minimum Gasteiger partial charge on any atom is -0.373 e. The Morgan fingerprint density at radius 3 is 1.48 bits per heavy atom. The summed E-state index contributed by atoms with van der Waals surface area (Å²) in [6.45, 7) is 3.51. The number of rotatable bonds is 12. The van der Waals surface area contributed by atoms with E-state index in [9.17, 15) is 14.7 Å². The van der Waals surface area contributed by atoms with Crippen molar-refractivity contribution in [2.75, 3.05) is 39.5 Å². The molecule has 0 aromatic carbocycles. The molecule has 3 unspecified atom stereocenters. The van der Waals surface area contributed by atoms with Crippen LogP contribution in [0.1, 0.15) is 38.5 Å². The predicted octanol–water partition coefficient (Wildman–Crippen LogP) is 0.959. The minimum absolute atomic E-state index is 0.273. The lowest BCUT2D eigenvalue weighted by Crippen LogP contribution is -2.66. The molecule has 9 nitrogen and oxygen atoms in total. The van der Waals surface area contributed by atoms with E-state index in [-0.39, 0.29) is 18.3 Å². The predicted molar refractivity (Wildman–Crippen MR) is 93.8 cm³/mol. The second-order valence-corrected chi connectivity index (χ2v) is 7.74. The third kappa shape index (κ3) is 5.10. The number of urea groups is 2. The van der Waals surface area contributed by atoms with Gasteiger partial charge < -0.3 is 19.3 Å². The van der Waals surface area contributed by atoms with Gasteiger partial charge in [-0.25, -0.2) is 14.5 Å². The van der Waals surface area contributed by atoms with Crippen LogP contribution in [0.25, 0.3) is 0 Å². The van der Waals surface area contributed by atoms with Crippen LogP contribution in [0.3, 0.4) is 0 Å². The maximum atomic E-state index is 12.8. The van der Waals surface area contributed by atoms with E-state index in [4.69, 9.17) is 14.2 Å². The number of amides is 4. The van der Waals surface area contributed by atoms with E-state index in [0.717, 1.165) is 51.9 Å². The monoisotopic (exact) mass is 383 g/mol. The summed E-state index contributed by atoms with van der Waals surface area (Å²) in [5.74, 6) is 0. The molecule has 4 heterocycles. The third-order valence-corrected chi connectivity index (χ3v) is 5.48. The quantitative estimate of drug-likeness (QED) is 0.504. The molecule has 4 aliphatic heterocycles. The van der Waals surface area contributed by atoms with Crippen LogP contribution in [0.4, 0.5) is 9.59 Å². The van der Waals surface area contributed by atoms with Crippen molar-refractivity contribution < 1.29 is 28.9 Å². The largest absolute Gasteiger partial charge is 0.373 e. The lowest BCUT2D eigenvalue weighted by Gasteiger charge is -2.44. The molecule has 4 aliphatic rings. The molecular formula is C18H29N3O6. The molecule has 4 saturated heterocycles. The number of ether oxygens (including phenoxy) is 3. The number of nitrogens with zero attached hydrogens (tertiary/aromatic N) is 3. The van der Waals surface area contributed by atoms with Crippen molar-refractivity contribution >= 4 is 12.1 Å². The Morgan fingerprint density at radius 1 is 0.741 bits per heavy atom. The Labute approximate surface area is 159 Å². The van der Waals surface area contributed by atoms with E-state index in [1.165, 1.54) is 14.7 Å². The van der Waals surface area contributed by atoms with Crippen LogP contribution in [-0.2, 0) is 14.2 Å². The van der Waals surface area contributed by atoms with E-state index >= 15 is 0 Å². The zero-order valence-corrected chi connectivity index (χ0v) is 15.6. The van der Waals surface area contributed by atoms with Gasteiger partial charge in [-0.1, -0.05) is 0 Å². The van der Waals surface area contributed by atoms with Crippen LogP contribution >= 0.6 is 0 Å². The van der Waals surface area contributed by atoms with Gasteiger partial charge >= 0.3 is 12.1 Å². The van der Waals surface area contributed by atoms with Crippen molar-refractivity contribution in [3.8, 4) is 0 Å². The fraction of sp³-hybridized carbons (Fsp3) is 0.889. The number of carbonyl (C=O) groups excluding carboxylic acids is 2. The van der Waals surface area contributed by atoms with Crippen molar-refractivity contribution in [3.05, 3.63) is 0 Å². The highest BCUT2D eigenvalue weighted by molar-refractivity contribution is 5.95. The summed E-state index contributed by atoms with van der Waals surface area (Å²) in [6.07, 6.45) is 4.42. The molecule has 0 aliphatic carbocycles. The van der Waals surface area contributed by atoms with Gasteiger partial charge in [0.2, 0.25) is 6.35 Å². The Hall–Kier alpha value is -1.42. The maximum absolute atomic E-state index is 12.8. The number of epoxide rings is 3. The van der Waals surface area contributed by atoms with Crippen LogP contribution in [0.15, 0.2) is 0 Å². The van der Waals surface area contributed by atoms with Crippen LogP contribution in [0.2, 0.25) is 0 Å². The Kier molecular flexibility index (Phi) is 5.82. The molecular weight excluding hydrogens is 354 g/mol. The molecule has 4 rings (SSSR count). The Morgan fingerprint density at radius 2 is 1.11 bits per heavy atom. The summed E-state index contributed by atoms with van der Waals surface area (Å²) >= 11 is 0. The standard InChI is InChI=1S/C18H29N3O6/c22-16-19(7-1-4-13-10-25-13)17(23)21(9-3-6-15-12-27-15)18(24)20(16)8-2-5-14-11-26-14/h13-16,22H,1-12H2. The van der Waals surface area contributed by atoms with Crippen LogP contribution in [0, 0.1) is 0 Å². The zero-order valence-electron chi connectivity index (χ0n) is 15.6. The van der Waals surface area contributed by atoms with Crippen LogP contribution < -0.4 is 0 Å². The first-order valence-corrected chi connectivity index (χ1v) is 10.0. The normalized spacial score (nSPS) is 32.3. The van der Waals surface area contributed by atoms with Gasteiger partial charge in [-0.3, -0.25) is 9.80 Å². The number of hydrogen-bond donors (Lipinski definition) is 1. The second kappa shape index (κ2) is 8.30. The molecule has 1 N–H and O–H groups in total. The van der Waals surface area contributed by atoms with Crippen molar-refractivity contribution in [1.82, 2.24) is 14.7 Å². The van der Waals surface area contributed by atoms with Gasteiger partial charge in [0.05, 0.1) is 38.1 Å². The topological polar surface area (TPSA) is 102 Å². The number of carbonyl (C=O) groups is 2. The molecule has 0 bridgehead atoms. The lowest BCUT2D eigenvalue weighted by atomic mass is 10.2. The highest BCUT2D eigenvalue weighted by Crippen LogP contribution is 2.24. The highest BCUT2D eigenvalue weighted by atomic mass is 16.6. The summed E-state index contributed by atoms with van der Waals surface area (Å²) in [5.41, 5.74) is 0. The first-order chi connectivity index (χ1) is 13.1. The smallest absolute Gasteiger partial charge is 0.331 e. The number of aliphatic hydroxyl groups is 1. The summed E-state index contributed by atoms with van der Waals surface area (Å²) < 4.78 is 15.6. The summed E-state index contributed by atoms with van der Waals surface area (Å²) in [5, 5.41) is 10.7. The van der Waals surface area contributed by atoms with Gasteiger partial charge in [0.25, 0.3) is 0 Å². The van der Waals surface area contributed by atoms with E-state index in [1.807, 2.05) is 0 Å². The van der Waals surface area contributed by atoms with Crippen molar-refractivity contribution in [1.29, 1.82) is 0 Å². The molecule has 0 aromatic heterocycles. The summed E-state index contributed by atoms with van der Waals surface area (Å²) in [4.78, 5) is 29.7. The van der Waals surface area contributed by atoms with Crippen molar-refractivity contribution in [2.24, 2.45) is 0 Å². The molecule has 4 amide bonds. The highest BCUT2D eigenvalue weighted by Gasteiger charge is 2.43. The van der Waals surface area contributed by atoms with Gasteiger partial charge in [0.15, 0.2) is 0 Å². The SMILES string of the molecule is O=C1N(CCCC2CO2)C(=O)N(CCCC2CO2)C(O)N1CCCC1CO1. The molecule has 0 saturated carbocycles. The van der Waals surface area contributed by atoms with Crippen LogP contribution in [-0.4, -0.2) is 96.0 Å². The minimum atomic E-state index is -1.20. The summed E-state index contributed by atoms with van der Waals surface area (Å²) in [7, 11) is 0. The molecule has 152 valence electrons. The molecule has 4 fully saturated rings. The number of imide groups is 1. The average Bonchev–Trinajstić information content (AvgIpc) is 3.49. The fourth-order valence-electron chi connectivity index (χ4n) is 3.53. The molecule has 0 spiro atoms. The number of aliphatic hydroxyl groups excluding tert-OH is 1. The van der Waals surface area contributed by atoms with Gasteiger partial charge in [0.1, 0.15) is 0 Å². The lowest BCUT2D eigenvalue weighted by molar-refractivity contribution is -0.0939. The molecule has 0 radical (unpaired) electrons. The second-order valence-electron chi connectivity index (χ2n) is 7.74. The molecule has 9 heteroatoms. The maximum Gasteiger partial charge on any atom is 0.331 e. The average molecular weight is 383 g/mol. The Balaban J connectivity index is 1.35. The first-order valence-electron chi connectivity index (χ1n) is 10.0.